The number of nitrogens with zero attached hydrogens (tertiary/aromatic N) is 2. The van der Waals surface area contributed by atoms with Crippen LogP contribution < -0.4 is 5.73 Å². The molecule has 23 heavy (non-hydrogen) atoms. The van der Waals surface area contributed by atoms with Crippen molar-refractivity contribution in [2.24, 2.45) is 5.73 Å². The minimum Gasteiger partial charge on any atom is -0.329 e. The predicted octanol–water partition coefficient (Wildman–Crippen LogP) is 3.50. The van der Waals surface area contributed by atoms with Gasteiger partial charge in [-0.2, -0.15) is 0 Å². The standard InChI is InChI=1S/C20H23N3/c1-16-7-9-19-13-18(8-10-20(19)22-16)15-23(12-11-21)14-17-5-3-2-4-6-17/h2-10,13H,11-12,14-15,21H2,1H3. The fraction of sp³-hybridized carbons (Fsp3) is 0.250. The van der Waals surface area contributed by atoms with Crippen molar-refractivity contribution < 1.29 is 0 Å². The van der Waals surface area contributed by atoms with Crippen LogP contribution in [0, 0.1) is 6.92 Å². The predicted molar refractivity (Wildman–Crippen MR) is 96.1 cm³/mol. The van der Waals surface area contributed by atoms with E-state index in [1.165, 1.54) is 16.5 Å². The number of pyridine rings is 1. The van der Waals surface area contributed by atoms with Gasteiger partial charge in [0.25, 0.3) is 0 Å². The van der Waals surface area contributed by atoms with Gasteiger partial charge >= 0.3 is 0 Å². The third-order valence-electron chi connectivity index (χ3n) is 3.99. The smallest absolute Gasteiger partial charge is 0.0705 e. The highest BCUT2D eigenvalue weighted by Gasteiger charge is 2.07. The minimum atomic E-state index is 0.668. The molecule has 0 bridgehead atoms. The summed E-state index contributed by atoms with van der Waals surface area (Å²) >= 11 is 0. The van der Waals surface area contributed by atoms with Crippen molar-refractivity contribution >= 4 is 10.9 Å². The molecule has 1 aromatic heterocycles. The minimum absolute atomic E-state index is 0.668. The Bertz CT molecular complexity index is 768. The SMILES string of the molecule is Cc1ccc2cc(CN(CCN)Cc3ccccc3)ccc2n1. The first kappa shape index (κ1) is 15.7. The maximum absolute atomic E-state index is 5.79. The summed E-state index contributed by atoms with van der Waals surface area (Å²) in [6.07, 6.45) is 0. The Morgan fingerprint density at radius 2 is 1.70 bits per heavy atom. The topological polar surface area (TPSA) is 42.1 Å². The van der Waals surface area contributed by atoms with E-state index in [1.807, 2.05) is 6.92 Å². The Morgan fingerprint density at radius 3 is 2.48 bits per heavy atom. The first-order chi connectivity index (χ1) is 11.2. The molecule has 0 unspecified atom stereocenters. The molecule has 0 aliphatic carbocycles. The summed E-state index contributed by atoms with van der Waals surface area (Å²) in [6.45, 7) is 5.40. The molecule has 2 aromatic carbocycles. The lowest BCUT2D eigenvalue weighted by atomic mass is 10.1. The van der Waals surface area contributed by atoms with Crippen LogP contribution in [0.4, 0.5) is 0 Å². The second kappa shape index (κ2) is 7.36. The molecule has 0 radical (unpaired) electrons. The highest BCUT2D eigenvalue weighted by molar-refractivity contribution is 5.79. The summed E-state index contributed by atoms with van der Waals surface area (Å²) in [4.78, 5) is 6.95. The summed E-state index contributed by atoms with van der Waals surface area (Å²) < 4.78 is 0. The molecule has 3 aromatic rings. The zero-order valence-corrected chi connectivity index (χ0v) is 13.6. The summed E-state index contributed by atoms with van der Waals surface area (Å²) in [5.74, 6) is 0. The molecule has 1 heterocycles. The molecule has 118 valence electrons. The zero-order valence-electron chi connectivity index (χ0n) is 13.6. The van der Waals surface area contributed by atoms with Crippen molar-refractivity contribution in [2.45, 2.75) is 20.0 Å². The van der Waals surface area contributed by atoms with Crippen LogP contribution in [0.5, 0.6) is 0 Å². The van der Waals surface area contributed by atoms with E-state index in [0.717, 1.165) is 30.8 Å². The summed E-state index contributed by atoms with van der Waals surface area (Å²) in [5.41, 5.74) is 10.5. The number of benzene rings is 2. The Balaban J connectivity index is 1.78. The molecule has 3 rings (SSSR count). The second-order valence-corrected chi connectivity index (χ2v) is 5.96. The Morgan fingerprint density at radius 1 is 0.913 bits per heavy atom. The third kappa shape index (κ3) is 4.15. The van der Waals surface area contributed by atoms with Gasteiger partial charge in [0.15, 0.2) is 0 Å². The number of fused-ring (bicyclic) bond motifs is 1. The maximum atomic E-state index is 5.79. The van der Waals surface area contributed by atoms with Crippen LogP contribution in [0.1, 0.15) is 16.8 Å². The fourth-order valence-corrected chi connectivity index (χ4v) is 2.87. The number of rotatable bonds is 6. The summed E-state index contributed by atoms with van der Waals surface area (Å²) in [7, 11) is 0. The van der Waals surface area contributed by atoms with Gasteiger partial charge in [-0.3, -0.25) is 9.88 Å². The van der Waals surface area contributed by atoms with E-state index >= 15 is 0 Å². The number of nitrogens with two attached hydrogens (primary N) is 1. The average Bonchev–Trinajstić information content (AvgIpc) is 2.56. The van der Waals surface area contributed by atoms with Gasteiger partial charge in [0, 0.05) is 37.3 Å². The van der Waals surface area contributed by atoms with E-state index < -0.39 is 0 Å². The van der Waals surface area contributed by atoms with E-state index in [-0.39, 0.29) is 0 Å². The third-order valence-corrected chi connectivity index (χ3v) is 3.99. The van der Waals surface area contributed by atoms with Gasteiger partial charge in [-0.1, -0.05) is 42.5 Å². The van der Waals surface area contributed by atoms with Crippen LogP contribution in [-0.4, -0.2) is 23.0 Å². The first-order valence-electron chi connectivity index (χ1n) is 8.07. The quantitative estimate of drug-likeness (QED) is 0.758. The molecule has 3 nitrogen and oxygen atoms in total. The molecule has 3 heteroatoms. The Labute approximate surface area is 137 Å². The van der Waals surface area contributed by atoms with Gasteiger partial charge in [-0.05, 0) is 36.2 Å². The van der Waals surface area contributed by atoms with E-state index in [4.69, 9.17) is 5.73 Å². The molecule has 0 aliphatic heterocycles. The second-order valence-electron chi connectivity index (χ2n) is 5.96. The lowest BCUT2D eigenvalue weighted by Gasteiger charge is -2.22. The highest BCUT2D eigenvalue weighted by atomic mass is 15.1. The van der Waals surface area contributed by atoms with E-state index in [9.17, 15) is 0 Å². The molecule has 0 saturated carbocycles. The van der Waals surface area contributed by atoms with Gasteiger partial charge in [-0.15, -0.1) is 0 Å². The van der Waals surface area contributed by atoms with Crippen molar-refractivity contribution in [1.82, 2.24) is 9.88 Å². The number of hydrogen-bond donors (Lipinski definition) is 1. The van der Waals surface area contributed by atoms with Crippen LogP contribution in [-0.2, 0) is 13.1 Å². The molecule has 0 aliphatic rings. The molecular formula is C20H23N3. The van der Waals surface area contributed by atoms with Crippen LogP contribution >= 0.6 is 0 Å². The van der Waals surface area contributed by atoms with Crippen molar-refractivity contribution in [2.75, 3.05) is 13.1 Å². The van der Waals surface area contributed by atoms with Crippen LogP contribution in [0.25, 0.3) is 10.9 Å². The van der Waals surface area contributed by atoms with Crippen LogP contribution in [0.3, 0.4) is 0 Å². The first-order valence-corrected chi connectivity index (χ1v) is 8.07. The van der Waals surface area contributed by atoms with Gasteiger partial charge in [0.1, 0.15) is 0 Å². The van der Waals surface area contributed by atoms with Crippen molar-refractivity contribution in [3.63, 3.8) is 0 Å². The lowest BCUT2D eigenvalue weighted by molar-refractivity contribution is 0.264. The zero-order chi connectivity index (χ0) is 16.1. The van der Waals surface area contributed by atoms with Crippen molar-refractivity contribution in [3.05, 3.63) is 77.5 Å². The van der Waals surface area contributed by atoms with Gasteiger partial charge < -0.3 is 5.73 Å². The molecular weight excluding hydrogens is 282 g/mol. The van der Waals surface area contributed by atoms with E-state index in [2.05, 4.69) is 70.5 Å². The van der Waals surface area contributed by atoms with Gasteiger partial charge in [0.05, 0.1) is 5.52 Å². The largest absolute Gasteiger partial charge is 0.329 e. The maximum Gasteiger partial charge on any atom is 0.0705 e. The van der Waals surface area contributed by atoms with Gasteiger partial charge in [-0.25, -0.2) is 0 Å². The Kier molecular flexibility index (Phi) is 5.01. The number of hydrogen-bond acceptors (Lipinski definition) is 3. The van der Waals surface area contributed by atoms with Gasteiger partial charge in [0.2, 0.25) is 0 Å². The summed E-state index contributed by atoms with van der Waals surface area (Å²) in [6, 6.07) is 21.3. The normalized spacial score (nSPS) is 11.3. The van der Waals surface area contributed by atoms with E-state index in [0.29, 0.717) is 6.54 Å². The summed E-state index contributed by atoms with van der Waals surface area (Å²) in [5, 5.41) is 1.19. The van der Waals surface area contributed by atoms with Crippen LogP contribution in [0.2, 0.25) is 0 Å². The number of aryl methyl sites for hydroxylation is 1. The number of aromatic nitrogens is 1. The van der Waals surface area contributed by atoms with Crippen LogP contribution in [0.15, 0.2) is 60.7 Å². The van der Waals surface area contributed by atoms with E-state index in [1.54, 1.807) is 0 Å². The van der Waals surface area contributed by atoms with Crippen molar-refractivity contribution in [3.8, 4) is 0 Å². The average molecular weight is 305 g/mol. The molecule has 0 spiro atoms. The molecule has 0 fully saturated rings. The molecule has 0 amide bonds. The monoisotopic (exact) mass is 305 g/mol. The fourth-order valence-electron chi connectivity index (χ4n) is 2.87. The molecule has 0 atom stereocenters. The molecule has 0 saturated heterocycles. The highest BCUT2D eigenvalue weighted by Crippen LogP contribution is 2.17. The molecule has 2 N–H and O–H groups in total. The Hall–Kier alpha value is -2.23. The lowest BCUT2D eigenvalue weighted by Crippen LogP contribution is -2.28. The van der Waals surface area contributed by atoms with Crippen molar-refractivity contribution in [1.29, 1.82) is 0 Å².